The van der Waals surface area contributed by atoms with Crippen molar-refractivity contribution in [1.82, 2.24) is 0 Å². The summed E-state index contributed by atoms with van der Waals surface area (Å²) in [6.07, 6.45) is 1.68. The molecule has 0 bridgehead atoms. The molecule has 2 nitrogen and oxygen atoms in total. The van der Waals surface area contributed by atoms with E-state index in [0.717, 1.165) is 22.5 Å². The standard InChI is InChI=1S/C15H12O2/c1-16-13-9-8-11-5-2-3-6-12(11)15(13)14-7-4-10-17-14/h2-10H,1H3. The van der Waals surface area contributed by atoms with Gasteiger partial charge < -0.3 is 9.15 Å². The highest BCUT2D eigenvalue weighted by atomic mass is 16.5. The average Bonchev–Trinajstić information content (AvgIpc) is 2.91. The SMILES string of the molecule is COc1ccc2ccccc2c1-c1ccco1. The monoisotopic (exact) mass is 224 g/mol. The van der Waals surface area contributed by atoms with Crippen LogP contribution in [0, 0.1) is 0 Å². The first kappa shape index (κ1) is 9.97. The molecular formula is C15H12O2. The molecule has 0 spiro atoms. The van der Waals surface area contributed by atoms with Crippen molar-refractivity contribution in [3.05, 3.63) is 54.8 Å². The van der Waals surface area contributed by atoms with Crippen LogP contribution in [0.1, 0.15) is 0 Å². The van der Waals surface area contributed by atoms with Gasteiger partial charge in [-0.1, -0.05) is 30.3 Å². The minimum atomic E-state index is 0.832. The molecule has 0 unspecified atom stereocenters. The predicted molar refractivity (Wildman–Crippen MR) is 68.2 cm³/mol. The molecule has 1 aromatic heterocycles. The summed E-state index contributed by atoms with van der Waals surface area (Å²) in [5.74, 6) is 1.66. The van der Waals surface area contributed by atoms with E-state index in [1.165, 1.54) is 5.39 Å². The van der Waals surface area contributed by atoms with Gasteiger partial charge in [-0.15, -0.1) is 0 Å². The fourth-order valence-corrected chi connectivity index (χ4v) is 2.10. The third kappa shape index (κ3) is 1.58. The van der Waals surface area contributed by atoms with Crippen LogP contribution < -0.4 is 4.74 Å². The third-order valence-electron chi connectivity index (χ3n) is 2.88. The van der Waals surface area contributed by atoms with Crippen molar-refractivity contribution < 1.29 is 9.15 Å². The number of ether oxygens (including phenoxy) is 1. The second-order valence-corrected chi connectivity index (χ2v) is 3.84. The van der Waals surface area contributed by atoms with Crippen LogP contribution in [0.25, 0.3) is 22.1 Å². The van der Waals surface area contributed by atoms with Crippen LogP contribution in [0.2, 0.25) is 0 Å². The van der Waals surface area contributed by atoms with Crippen molar-refractivity contribution in [3.8, 4) is 17.1 Å². The van der Waals surface area contributed by atoms with Crippen LogP contribution in [-0.4, -0.2) is 7.11 Å². The van der Waals surface area contributed by atoms with Crippen molar-refractivity contribution in [2.45, 2.75) is 0 Å². The van der Waals surface area contributed by atoms with Crippen LogP contribution in [0.4, 0.5) is 0 Å². The summed E-state index contributed by atoms with van der Waals surface area (Å²) in [7, 11) is 1.68. The molecule has 0 aliphatic carbocycles. The Morgan fingerprint density at radius 3 is 2.59 bits per heavy atom. The minimum absolute atomic E-state index is 0.832. The first-order valence-electron chi connectivity index (χ1n) is 5.50. The topological polar surface area (TPSA) is 22.4 Å². The smallest absolute Gasteiger partial charge is 0.138 e. The average molecular weight is 224 g/mol. The molecule has 0 atom stereocenters. The lowest BCUT2D eigenvalue weighted by molar-refractivity contribution is 0.415. The Labute approximate surface area is 99.4 Å². The van der Waals surface area contributed by atoms with Crippen molar-refractivity contribution in [3.63, 3.8) is 0 Å². The molecule has 0 amide bonds. The van der Waals surface area contributed by atoms with E-state index in [9.17, 15) is 0 Å². The predicted octanol–water partition coefficient (Wildman–Crippen LogP) is 4.11. The number of methoxy groups -OCH3 is 1. The lowest BCUT2D eigenvalue weighted by atomic mass is 10.0. The zero-order chi connectivity index (χ0) is 11.7. The minimum Gasteiger partial charge on any atom is -0.496 e. The molecule has 0 N–H and O–H groups in total. The number of rotatable bonds is 2. The van der Waals surface area contributed by atoms with Gasteiger partial charge in [0.1, 0.15) is 11.5 Å². The molecule has 0 aliphatic heterocycles. The van der Waals surface area contributed by atoms with E-state index < -0.39 is 0 Å². The summed E-state index contributed by atoms with van der Waals surface area (Å²) in [6, 6.07) is 16.1. The van der Waals surface area contributed by atoms with Gasteiger partial charge in [-0.3, -0.25) is 0 Å². The molecule has 0 fully saturated rings. The number of fused-ring (bicyclic) bond motifs is 1. The second kappa shape index (κ2) is 3.98. The lowest BCUT2D eigenvalue weighted by Gasteiger charge is -2.09. The maximum absolute atomic E-state index is 5.49. The fourth-order valence-electron chi connectivity index (χ4n) is 2.10. The molecule has 84 valence electrons. The number of hydrogen-bond acceptors (Lipinski definition) is 2. The van der Waals surface area contributed by atoms with Gasteiger partial charge in [0.05, 0.1) is 18.9 Å². The Morgan fingerprint density at radius 2 is 1.82 bits per heavy atom. The van der Waals surface area contributed by atoms with Gasteiger partial charge in [0, 0.05) is 0 Å². The Balaban J connectivity index is 2.39. The highest BCUT2D eigenvalue weighted by Crippen LogP contribution is 2.36. The van der Waals surface area contributed by atoms with E-state index >= 15 is 0 Å². The van der Waals surface area contributed by atoms with Crippen molar-refractivity contribution in [2.24, 2.45) is 0 Å². The van der Waals surface area contributed by atoms with E-state index in [-0.39, 0.29) is 0 Å². The van der Waals surface area contributed by atoms with E-state index in [4.69, 9.17) is 9.15 Å². The maximum atomic E-state index is 5.49. The highest BCUT2D eigenvalue weighted by molar-refractivity contribution is 5.98. The molecular weight excluding hydrogens is 212 g/mol. The maximum Gasteiger partial charge on any atom is 0.138 e. The summed E-state index contributed by atoms with van der Waals surface area (Å²) in [6.45, 7) is 0. The molecule has 17 heavy (non-hydrogen) atoms. The summed E-state index contributed by atoms with van der Waals surface area (Å²) in [4.78, 5) is 0. The second-order valence-electron chi connectivity index (χ2n) is 3.84. The summed E-state index contributed by atoms with van der Waals surface area (Å²) in [5.41, 5.74) is 1.01. The normalized spacial score (nSPS) is 10.6. The van der Waals surface area contributed by atoms with E-state index in [1.54, 1.807) is 13.4 Å². The molecule has 0 saturated carbocycles. The number of hydrogen-bond donors (Lipinski definition) is 0. The fraction of sp³-hybridized carbons (Fsp3) is 0.0667. The molecule has 2 heteroatoms. The van der Waals surface area contributed by atoms with E-state index in [2.05, 4.69) is 18.2 Å². The lowest BCUT2D eigenvalue weighted by Crippen LogP contribution is -1.88. The number of furan rings is 1. The Bertz CT molecular complexity index is 639. The van der Waals surface area contributed by atoms with Crippen molar-refractivity contribution in [2.75, 3.05) is 7.11 Å². The van der Waals surface area contributed by atoms with Crippen LogP contribution in [-0.2, 0) is 0 Å². The molecule has 3 aromatic rings. The van der Waals surface area contributed by atoms with Crippen molar-refractivity contribution >= 4 is 10.8 Å². The first-order valence-corrected chi connectivity index (χ1v) is 5.50. The molecule has 3 rings (SSSR count). The zero-order valence-corrected chi connectivity index (χ0v) is 9.51. The van der Waals surface area contributed by atoms with Gasteiger partial charge in [-0.25, -0.2) is 0 Å². The van der Waals surface area contributed by atoms with Crippen LogP contribution in [0.3, 0.4) is 0 Å². The van der Waals surface area contributed by atoms with E-state index in [1.807, 2.05) is 30.3 Å². The third-order valence-corrected chi connectivity index (χ3v) is 2.88. The Kier molecular flexibility index (Phi) is 2.33. The van der Waals surface area contributed by atoms with Gasteiger partial charge in [-0.05, 0) is 29.0 Å². The number of benzene rings is 2. The quantitative estimate of drug-likeness (QED) is 0.653. The molecule has 0 saturated heterocycles. The van der Waals surface area contributed by atoms with Gasteiger partial charge in [-0.2, -0.15) is 0 Å². The van der Waals surface area contributed by atoms with Gasteiger partial charge >= 0.3 is 0 Å². The van der Waals surface area contributed by atoms with Gasteiger partial charge in [0.25, 0.3) is 0 Å². The van der Waals surface area contributed by atoms with Crippen molar-refractivity contribution in [1.29, 1.82) is 0 Å². The van der Waals surface area contributed by atoms with Crippen LogP contribution >= 0.6 is 0 Å². The molecule has 1 heterocycles. The molecule has 2 aromatic carbocycles. The summed E-state index contributed by atoms with van der Waals surface area (Å²) >= 11 is 0. The van der Waals surface area contributed by atoms with Crippen LogP contribution in [0.5, 0.6) is 5.75 Å². The summed E-state index contributed by atoms with van der Waals surface area (Å²) < 4.78 is 10.9. The molecule has 0 radical (unpaired) electrons. The highest BCUT2D eigenvalue weighted by Gasteiger charge is 2.12. The largest absolute Gasteiger partial charge is 0.496 e. The Hall–Kier alpha value is -2.22. The van der Waals surface area contributed by atoms with Gasteiger partial charge in [0.2, 0.25) is 0 Å². The Morgan fingerprint density at radius 1 is 0.941 bits per heavy atom. The van der Waals surface area contributed by atoms with Crippen LogP contribution in [0.15, 0.2) is 59.2 Å². The van der Waals surface area contributed by atoms with E-state index in [0.29, 0.717) is 0 Å². The van der Waals surface area contributed by atoms with Gasteiger partial charge in [0.15, 0.2) is 0 Å². The first-order chi connectivity index (χ1) is 8.40. The summed E-state index contributed by atoms with van der Waals surface area (Å²) in [5, 5.41) is 2.32. The zero-order valence-electron chi connectivity index (χ0n) is 9.51. The molecule has 0 aliphatic rings.